The lowest BCUT2D eigenvalue weighted by Crippen LogP contribution is -2.64. The summed E-state index contributed by atoms with van der Waals surface area (Å²) in [6, 6.07) is 5.80. The van der Waals surface area contributed by atoms with Crippen LogP contribution in [-0.2, 0) is 57.4 Å². The topological polar surface area (TPSA) is 555 Å². The maximum Gasteiger partial charge on any atom is 0.322 e. The zero-order chi connectivity index (χ0) is 84.9. The van der Waals surface area contributed by atoms with E-state index in [4.69, 9.17) is 62.1 Å². The molecule has 2 saturated heterocycles. The predicted octanol–water partition coefficient (Wildman–Crippen LogP) is 2.94. The van der Waals surface area contributed by atoms with Crippen LogP contribution < -0.4 is 72.5 Å². The first-order valence-electron chi connectivity index (χ1n) is 37.4. The summed E-state index contributed by atoms with van der Waals surface area (Å²) >= 11 is 14.4. The summed E-state index contributed by atoms with van der Waals surface area (Å²) in [6.07, 6.45) is -17.8. The van der Waals surface area contributed by atoms with E-state index in [1.807, 2.05) is 27.7 Å². The fourth-order valence-corrected chi connectivity index (χ4v) is 15.0. The fraction of sp³-hybridized carbons (Fsp3) is 0.430. The number of benzene rings is 6. The number of hydrogen-bond acceptors (Lipinski definition) is 27. The van der Waals surface area contributed by atoms with Crippen molar-refractivity contribution in [2.24, 2.45) is 11.7 Å². The van der Waals surface area contributed by atoms with Crippen molar-refractivity contribution in [1.29, 1.82) is 0 Å². The van der Waals surface area contributed by atoms with E-state index in [-0.39, 0.29) is 52.3 Å². The highest BCUT2D eigenvalue weighted by Gasteiger charge is 2.53. The molecule has 21 N–H and O–H groups in total. The van der Waals surface area contributed by atoms with E-state index in [1.165, 1.54) is 19.2 Å². The Hall–Kier alpha value is -10.9. The molecule has 0 radical (unpaired) electrons. The maximum absolute atomic E-state index is 16.3. The SMILES string of the molecule is CCC(CC)N[C@H](CC(C)C)C(=O)N[C@H]1C(=O)N[C@@H](CC(N)=O)C(=O)N[C@H]2C(=O)N[C@H]3C(=O)N[C@H](C(=O)N[C@H](C(=O)NCC(=O)O)c4cc(O)cc(O)c4-c4cc3ccc4O)[C@H](O)c3ccc(c(Cl)c3)Oc3cc2cc(c3O[C@@H]2O[C@@H](CO)[C@@H](O)[C@H](O)[C@@H]2O[C@H]2C[C@](C)(Nc3ccc(OC)cc3)[C@H](O)[C@H](C)O2)Oc2ccc(cc2Cl)[C@H]1O. The summed E-state index contributed by atoms with van der Waals surface area (Å²) in [4.78, 5) is 132. The fourth-order valence-electron chi connectivity index (χ4n) is 14.6. The standard InChI is InChI=1S/C79H92Cl2N10O26/c1-8-38(9-2)84-46(20-32(3)4)71(104)89-62-64(99)35-11-18-50(44(80)22-35)113-52-24-37-25-53(68(52)117-78-69(67(102)66(101)54(31-92)115-78)116-57-29-79(6,70(103)33(5)112-57)91-39-13-15-41(111-7)16-14-39)114-51-19-12-36(23-45(51)81)65(100)63-77(110)88-61(73(106)83-30-56(97)98)43-26-40(93)27-49(95)58(43)42-21-34(10-17-48(42)94)59(74(107)90-63)87-75(108)60(37)86-72(105)47(28-55(82)96)85-76(62)109/h10-19,21-27,32-33,38,46-47,54,57,59-67,69-70,78,84,91-95,99-103H,8-9,20,28-31H2,1-7H3,(H2,82,96)(H,83,106)(H,85,109)(H,86,105)(H,87,108)(H,88,110)(H,89,104)(H,90,107)(H,97,98)/t33-,46+,47-,54-,57-,59+,60+,61-,62+,63-,64+,65+,66+,67-,69-,70+,78-,79-/m0/s1. The summed E-state index contributed by atoms with van der Waals surface area (Å²) in [5.41, 5.74) is 2.15. The van der Waals surface area contributed by atoms with Gasteiger partial charge >= 0.3 is 5.97 Å². The van der Waals surface area contributed by atoms with Gasteiger partial charge in [0.2, 0.25) is 59.3 Å². The van der Waals surface area contributed by atoms with Crippen molar-refractivity contribution in [3.05, 3.63) is 141 Å². The Morgan fingerprint density at radius 2 is 1.31 bits per heavy atom. The van der Waals surface area contributed by atoms with E-state index in [9.17, 15) is 70.2 Å². The molecule has 6 aromatic carbocycles. The second-order valence-electron chi connectivity index (χ2n) is 29.6. The Kier molecular flexibility index (Phi) is 27.3. The Morgan fingerprint density at radius 3 is 1.91 bits per heavy atom. The van der Waals surface area contributed by atoms with E-state index in [2.05, 4.69) is 47.9 Å². The number of carboxylic acid groups (broad SMARTS) is 1. The van der Waals surface area contributed by atoms with Crippen LogP contribution in [0.1, 0.15) is 132 Å². The van der Waals surface area contributed by atoms with Crippen LogP contribution in [0, 0.1) is 5.92 Å². The Balaban J connectivity index is 1.14. The number of carbonyl (C=O) groups excluding carboxylic acids is 8. The summed E-state index contributed by atoms with van der Waals surface area (Å²) in [5, 5.41) is 139. The molecule has 7 heterocycles. The van der Waals surface area contributed by atoms with Crippen molar-refractivity contribution in [2.75, 3.05) is 25.6 Å². The first-order valence-corrected chi connectivity index (χ1v) is 38.2. The number of carboxylic acids is 1. The zero-order valence-corrected chi connectivity index (χ0v) is 65.6. The maximum atomic E-state index is 16.3. The highest BCUT2D eigenvalue weighted by molar-refractivity contribution is 6.32. The van der Waals surface area contributed by atoms with Gasteiger partial charge in [-0.15, -0.1) is 0 Å². The molecule has 0 unspecified atom stereocenters. The van der Waals surface area contributed by atoms with Crippen LogP contribution in [0.2, 0.25) is 10.0 Å². The van der Waals surface area contributed by atoms with Gasteiger partial charge in [0.25, 0.3) is 0 Å². The summed E-state index contributed by atoms with van der Waals surface area (Å²) < 4.78 is 44.8. The molecule has 6 aromatic rings. The second-order valence-corrected chi connectivity index (χ2v) is 30.5. The quantitative estimate of drug-likeness (QED) is 0.0492. The molecule has 7 aliphatic rings. The number of nitrogens with two attached hydrogens (primary N) is 1. The van der Waals surface area contributed by atoms with Gasteiger partial charge in [0.05, 0.1) is 47.9 Å². The first kappa shape index (κ1) is 87.0. The highest BCUT2D eigenvalue weighted by Crippen LogP contribution is 2.50. The number of rotatable bonds is 21. The largest absolute Gasteiger partial charge is 0.508 e. The van der Waals surface area contributed by atoms with E-state index in [0.29, 0.717) is 24.3 Å². The number of ether oxygens (including phenoxy) is 7. The number of anilines is 1. The van der Waals surface area contributed by atoms with Crippen molar-refractivity contribution in [2.45, 2.75) is 189 Å². The molecule has 13 rings (SSSR count). The Bertz CT molecular complexity index is 4750. The number of nitrogens with one attached hydrogen (secondary N) is 9. The number of halogens is 2. The number of aromatic hydroxyl groups is 3. The molecule has 7 aliphatic heterocycles. The molecule has 2 fully saturated rings. The number of phenolic OH excluding ortho intramolecular Hbond substituents is 3. The highest BCUT2D eigenvalue weighted by atomic mass is 35.5. The minimum Gasteiger partial charge on any atom is -0.508 e. The lowest BCUT2D eigenvalue weighted by molar-refractivity contribution is -0.332. The van der Waals surface area contributed by atoms with Crippen LogP contribution in [-0.4, -0.2) is 210 Å². The minimum atomic E-state index is -2.39. The van der Waals surface area contributed by atoms with E-state index in [0.717, 1.165) is 66.7 Å². The summed E-state index contributed by atoms with van der Waals surface area (Å²) in [6.45, 7) is 8.65. The Labute approximate surface area is 678 Å². The van der Waals surface area contributed by atoms with Crippen LogP contribution >= 0.6 is 23.2 Å². The molecular formula is C79H92Cl2N10O26. The molecule has 628 valence electrons. The third kappa shape index (κ3) is 19.6. The number of hydrogen-bond donors (Lipinski definition) is 20. The minimum absolute atomic E-state index is 0.123. The molecule has 11 bridgehead atoms. The van der Waals surface area contributed by atoms with Gasteiger partial charge in [0.15, 0.2) is 23.9 Å². The lowest BCUT2D eigenvalue weighted by atomic mass is 9.84. The van der Waals surface area contributed by atoms with Gasteiger partial charge in [-0.1, -0.05) is 69.1 Å². The van der Waals surface area contributed by atoms with Crippen LogP contribution in [0.3, 0.4) is 0 Å². The number of primary amides is 1. The average Bonchev–Trinajstić information content (AvgIpc) is 0.766. The number of phenols is 3. The predicted molar refractivity (Wildman–Crippen MR) is 413 cm³/mol. The van der Waals surface area contributed by atoms with Gasteiger partial charge in [-0.2, -0.15) is 0 Å². The van der Waals surface area contributed by atoms with Crippen LogP contribution in [0.15, 0.2) is 103 Å². The molecule has 117 heavy (non-hydrogen) atoms. The number of aliphatic carboxylic acids is 1. The number of carbonyl (C=O) groups is 9. The van der Waals surface area contributed by atoms with Crippen molar-refractivity contribution in [3.63, 3.8) is 0 Å². The summed E-state index contributed by atoms with van der Waals surface area (Å²) in [5.74, 6) is -16.7. The molecule has 36 nitrogen and oxygen atoms in total. The van der Waals surface area contributed by atoms with Crippen molar-refractivity contribution in [1.82, 2.24) is 42.5 Å². The lowest BCUT2D eigenvalue weighted by Gasteiger charge is -2.48. The van der Waals surface area contributed by atoms with Gasteiger partial charge in [0, 0.05) is 35.3 Å². The smallest absolute Gasteiger partial charge is 0.322 e. The second kappa shape index (κ2) is 36.7. The molecule has 18 atom stereocenters. The van der Waals surface area contributed by atoms with Crippen molar-refractivity contribution < 1.29 is 127 Å². The third-order valence-corrected chi connectivity index (χ3v) is 21.3. The number of fused-ring (bicyclic) bond motifs is 15. The molecule has 38 heteroatoms. The average molecular weight is 1670 g/mol. The first-order chi connectivity index (χ1) is 55.5. The van der Waals surface area contributed by atoms with E-state index in [1.54, 1.807) is 38.1 Å². The number of aliphatic hydroxyl groups is 6. The monoisotopic (exact) mass is 1670 g/mol. The van der Waals surface area contributed by atoms with Crippen LogP contribution in [0.5, 0.6) is 51.7 Å². The normalized spacial score (nSPS) is 26.9. The van der Waals surface area contributed by atoms with Gasteiger partial charge < -0.3 is 138 Å². The molecule has 0 spiro atoms. The van der Waals surface area contributed by atoms with Crippen LogP contribution in [0.25, 0.3) is 11.1 Å². The number of aliphatic hydroxyl groups excluding tert-OH is 6. The van der Waals surface area contributed by atoms with Gasteiger partial charge in [-0.05, 0) is 146 Å². The van der Waals surface area contributed by atoms with Gasteiger partial charge in [-0.3, -0.25) is 43.2 Å². The molecule has 0 saturated carbocycles. The Morgan fingerprint density at radius 1 is 0.692 bits per heavy atom. The van der Waals surface area contributed by atoms with Crippen molar-refractivity contribution >= 4 is 82.1 Å². The van der Waals surface area contributed by atoms with Crippen LogP contribution in [0.4, 0.5) is 5.69 Å². The summed E-state index contributed by atoms with van der Waals surface area (Å²) in [7, 11) is 1.49. The van der Waals surface area contributed by atoms with E-state index < -0.39 is 250 Å². The molecule has 8 amide bonds. The molecule has 0 aromatic heterocycles. The van der Waals surface area contributed by atoms with Gasteiger partial charge in [0.1, 0.15) is 114 Å². The number of amides is 8. The molecular weight excluding hydrogens is 1580 g/mol. The molecule has 0 aliphatic carbocycles. The van der Waals surface area contributed by atoms with E-state index >= 15 is 24.0 Å². The number of methoxy groups -OCH3 is 1. The zero-order valence-electron chi connectivity index (χ0n) is 64.1. The van der Waals surface area contributed by atoms with Gasteiger partial charge in [-0.25, -0.2) is 0 Å². The third-order valence-electron chi connectivity index (χ3n) is 20.8. The van der Waals surface area contributed by atoms with Crippen molar-refractivity contribution in [3.8, 4) is 62.9 Å².